The first-order valence-electron chi connectivity index (χ1n) is 10.6. The molecular weight excluding hydrogens is 468 g/mol. The van der Waals surface area contributed by atoms with Gasteiger partial charge in [0.2, 0.25) is 5.91 Å². The Morgan fingerprint density at radius 1 is 1.24 bits per heavy atom. The quantitative estimate of drug-likeness (QED) is 0.598. The fourth-order valence-corrected chi connectivity index (χ4v) is 5.24. The highest BCUT2D eigenvalue weighted by atomic mass is 35.5. The van der Waals surface area contributed by atoms with Gasteiger partial charge < -0.3 is 10.1 Å². The number of ether oxygens (including phenoxy) is 2. The average molecular weight is 489 g/mol. The Morgan fingerprint density at radius 2 is 2.00 bits per heavy atom. The summed E-state index contributed by atoms with van der Waals surface area (Å²) in [7, 11) is 0. The van der Waals surface area contributed by atoms with Crippen molar-refractivity contribution in [3.8, 4) is 5.69 Å². The van der Waals surface area contributed by atoms with Crippen LogP contribution < -0.4 is 5.32 Å². The van der Waals surface area contributed by atoms with Gasteiger partial charge in [-0.15, -0.1) is 13.2 Å². The molecule has 4 aliphatic rings. The number of amides is 1. The normalized spacial score (nSPS) is 30.6. The molecule has 4 aliphatic carbocycles. The third kappa shape index (κ3) is 4.71. The van der Waals surface area contributed by atoms with Gasteiger partial charge in [-0.3, -0.25) is 9.53 Å². The van der Waals surface area contributed by atoms with Crippen LogP contribution in [0.1, 0.15) is 43.7 Å². The zero-order valence-corrected chi connectivity index (χ0v) is 18.1. The zero-order valence-electron chi connectivity index (χ0n) is 17.3. The summed E-state index contributed by atoms with van der Waals surface area (Å²) in [5.74, 6) is -0.339. The number of halogens is 5. The van der Waals surface area contributed by atoms with Gasteiger partial charge in [0.1, 0.15) is 12.4 Å². The number of hydrogen-bond acceptors (Lipinski definition) is 5. The Balaban J connectivity index is 1.11. The summed E-state index contributed by atoms with van der Waals surface area (Å²) >= 11 is 5.72. The third-order valence-corrected chi connectivity index (χ3v) is 7.02. The van der Waals surface area contributed by atoms with Gasteiger partial charge in [-0.05, 0) is 37.3 Å². The summed E-state index contributed by atoms with van der Waals surface area (Å²) < 4.78 is 59.5. The van der Waals surface area contributed by atoms with E-state index in [1.165, 1.54) is 16.9 Å². The molecule has 1 amide bonds. The van der Waals surface area contributed by atoms with Crippen molar-refractivity contribution < 1.29 is 31.8 Å². The van der Waals surface area contributed by atoms with Crippen molar-refractivity contribution in [1.82, 2.24) is 20.3 Å². The first kappa shape index (κ1) is 22.5. The number of carbonyl (C=O) groups is 1. The second-order valence-electron chi connectivity index (χ2n) is 9.05. The van der Waals surface area contributed by atoms with Crippen LogP contribution in [0.5, 0.6) is 0 Å². The molecule has 1 aromatic carbocycles. The van der Waals surface area contributed by atoms with Crippen LogP contribution in [0.2, 0.25) is 5.02 Å². The van der Waals surface area contributed by atoms with E-state index in [4.69, 9.17) is 16.3 Å². The Hall–Kier alpha value is -2.24. The molecule has 4 fully saturated rings. The van der Waals surface area contributed by atoms with Crippen LogP contribution in [0.15, 0.2) is 24.4 Å². The minimum Gasteiger partial charge on any atom is -0.368 e. The summed E-state index contributed by atoms with van der Waals surface area (Å²) in [5, 5.41) is 11.8. The highest BCUT2D eigenvalue weighted by Gasteiger charge is 2.57. The van der Waals surface area contributed by atoms with Crippen molar-refractivity contribution in [2.75, 3.05) is 6.61 Å². The Morgan fingerprint density at radius 3 is 2.70 bits per heavy atom. The van der Waals surface area contributed by atoms with E-state index in [2.05, 4.69) is 20.3 Å². The maximum Gasteiger partial charge on any atom is 0.522 e. The molecule has 2 bridgehead atoms. The summed E-state index contributed by atoms with van der Waals surface area (Å²) in [6.45, 7) is -0.196. The average Bonchev–Trinajstić information content (AvgIpc) is 3.37. The number of nitrogens with one attached hydrogen (secondary N) is 1. The Kier molecular flexibility index (Phi) is 5.61. The minimum atomic E-state index is -4.65. The Labute approximate surface area is 191 Å². The molecule has 1 heterocycles. The monoisotopic (exact) mass is 488 g/mol. The van der Waals surface area contributed by atoms with Gasteiger partial charge in [0.05, 0.1) is 34.8 Å². The van der Waals surface area contributed by atoms with E-state index in [0.29, 0.717) is 18.0 Å². The van der Waals surface area contributed by atoms with Crippen molar-refractivity contribution in [3.05, 3.63) is 40.9 Å². The lowest BCUT2D eigenvalue weighted by Gasteiger charge is -2.40. The number of fused-ring (bicyclic) bond motifs is 1. The van der Waals surface area contributed by atoms with E-state index in [-0.39, 0.29) is 41.8 Å². The number of carbonyl (C=O) groups excluding carboxylic acids is 1. The van der Waals surface area contributed by atoms with Gasteiger partial charge in [0.15, 0.2) is 0 Å². The van der Waals surface area contributed by atoms with Gasteiger partial charge in [-0.2, -0.15) is 15.0 Å². The topological polar surface area (TPSA) is 78.3 Å². The molecule has 2 aromatic rings. The molecule has 1 aromatic heterocycles. The lowest BCUT2D eigenvalue weighted by atomic mass is 9.76. The Bertz CT molecular complexity index is 1050. The van der Waals surface area contributed by atoms with E-state index in [0.717, 1.165) is 18.5 Å². The maximum atomic E-state index is 13.7. The molecule has 0 radical (unpaired) electrons. The van der Waals surface area contributed by atoms with Gasteiger partial charge in [-0.1, -0.05) is 11.6 Å². The van der Waals surface area contributed by atoms with Gasteiger partial charge in [0, 0.05) is 30.4 Å². The summed E-state index contributed by atoms with van der Waals surface area (Å²) in [5.41, 5.74) is 0.922. The molecule has 0 saturated heterocycles. The fraction of sp³-hybridized carbons (Fsp3) is 0.571. The van der Waals surface area contributed by atoms with Crippen molar-refractivity contribution in [3.63, 3.8) is 0 Å². The van der Waals surface area contributed by atoms with Crippen LogP contribution >= 0.6 is 11.6 Å². The van der Waals surface area contributed by atoms with Crippen LogP contribution in [-0.2, 0) is 14.3 Å². The van der Waals surface area contributed by atoms with Gasteiger partial charge in [0.25, 0.3) is 0 Å². The number of rotatable bonds is 7. The van der Waals surface area contributed by atoms with E-state index < -0.39 is 24.4 Å². The van der Waals surface area contributed by atoms with E-state index >= 15 is 0 Å². The number of alkyl halides is 3. The molecule has 4 saturated carbocycles. The lowest BCUT2D eigenvalue weighted by Crippen LogP contribution is -2.53. The van der Waals surface area contributed by atoms with Crippen molar-refractivity contribution in [1.29, 1.82) is 0 Å². The van der Waals surface area contributed by atoms with E-state index in [9.17, 15) is 22.4 Å². The smallest absolute Gasteiger partial charge is 0.368 e. The SMILES string of the molecule is O=C(COC1CC(OC(F)(F)F)C1)NC12CC(C1)C(c1cnn(-c3ccc(Cl)c(F)c3)n1)C2. The third-order valence-electron chi connectivity index (χ3n) is 6.72. The van der Waals surface area contributed by atoms with Crippen molar-refractivity contribution >= 4 is 17.5 Å². The molecular formula is C21H21ClF4N4O3. The van der Waals surface area contributed by atoms with Crippen LogP contribution in [0.3, 0.4) is 0 Å². The first-order chi connectivity index (χ1) is 15.6. The largest absolute Gasteiger partial charge is 0.522 e. The highest BCUT2D eigenvalue weighted by molar-refractivity contribution is 6.30. The summed E-state index contributed by atoms with van der Waals surface area (Å²) in [6.07, 6.45) is -1.72. The van der Waals surface area contributed by atoms with Crippen LogP contribution in [0, 0.1) is 11.7 Å². The minimum absolute atomic E-state index is 0.0242. The second-order valence-corrected chi connectivity index (χ2v) is 9.46. The molecule has 1 atom stereocenters. The number of nitrogens with zero attached hydrogens (tertiary/aromatic N) is 3. The standard InChI is InChI=1S/C21H21ClF4N4O3/c22-16-2-1-12(3-17(16)23)30-27-9-18(29-30)15-8-20(6-11(15)7-20)28-19(31)10-32-13-4-14(5-13)33-21(24,25)26/h1-3,9,11,13-15H,4-8,10H2,(H,28,31). The molecule has 33 heavy (non-hydrogen) atoms. The lowest BCUT2D eigenvalue weighted by molar-refractivity contribution is -0.357. The van der Waals surface area contributed by atoms with E-state index in [1.54, 1.807) is 12.3 Å². The molecule has 7 nitrogen and oxygen atoms in total. The number of hydrogen-bond donors (Lipinski definition) is 1. The first-order valence-corrected chi connectivity index (χ1v) is 11.0. The number of aromatic nitrogens is 3. The van der Waals surface area contributed by atoms with E-state index in [1.807, 2.05) is 0 Å². The predicted octanol–water partition coefficient (Wildman–Crippen LogP) is 3.90. The molecule has 0 spiro atoms. The fourth-order valence-electron chi connectivity index (χ4n) is 5.12. The number of benzene rings is 1. The van der Waals surface area contributed by atoms with Crippen molar-refractivity contribution in [2.45, 2.75) is 62.1 Å². The zero-order chi connectivity index (χ0) is 23.4. The second kappa shape index (κ2) is 8.21. The van der Waals surface area contributed by atoms with Crippen LogP contribution in [0.4, 0.5) is 17.6 Å². The maximum absolute atomic E-state index is 13.7. The van der Waals surface area contributed by atoms with Crippen molar-refractivity contribution in [2.24, 2.45) is 5.92 Å². The van der Waals surface area contributed by atoms with Crippen LogP contribution in [0.25, 0.3) is 5.69 Å². The van der Waals surface area contributed by atoms with Gasteiger partial charge in [-0.25, -0.2) is 4.39 Å². The molecule has 1 N–H and O–H groups in total. The molecule has 6 rings (SSSR count). The molecule has 178 valence electrons. The van der Waals surface area contributed by atoms with Crippen LogP contribution in [-0.4, -0.2) is 51.6 Å². The predicted molar refractivity (Wildman–Crippen MR) is 107 cm³/mol. The summed E-state index contributed by atoms with van der Waals surface area (Å²) in [6, 6.07) is 4.34. The highest BCUT2D eigenvalue weighted by Crippen LogP contribution is 2.59. The summed E-state index contributed by atoms with van der Waals surface area (Å²) in [4.78, 5) is 13.7. The molecule has 0 aliphatic heterocycles. The van der Waals surface area contributed by atoms with Gasteiger partial charge >= 0.3 is 6.36 Å². The molecule has 1 unspecified atom stereocenters. The molecule has 12 heteroatoms.